The number of carbonyl (C=O) groups is 1. The van der Waals surface area contributed by atoms with E-state index in [4.69, 9.17) is 4.42 Å². The molecule has 0 amide bonds. The van der Waals surface area contributed by atoms with Crippen molar-refractivity contribution in [3.8, 4) is 0 Å². The van der Waals surface area contributed by atoms with Crippen LogP contribution >= 0.6 is 0 Å². The number of allylic oxidation sites excluding steroid dienone is 1. The first-order chi connectivity index (χ1) is 10.2. The van der Waals surface area contributed by atoms with E-state index in [1.165, 1.54) is 11.6 Å². The zero-order valence-corrected chi connectivity index (χ0v) is 11.7. The van der Waals surface area contributed by atoms with E-state index >= 15 is 0 Å². The number of ketones is 1. The number of carbonyl (C=O) groups excluding carboxylic acids is 1. The smallest absolute Gasteiger partial charge is 0.222 e. The van der Waals surface area contributed by atoms with Crippen LogP contribution in [-0.2, 0) is 0 Å². The van der Waals surface area contributed by atoms with Gasteiger partial charge in [-0.3, -0.25) is 4.79 Å². The van der Waals surface area contributed by atoms with Crippen molar-refractivity contribution in [2.24, 2.45) is 0 Å². The fraction of sp³-hybridized carbons (Fsp3) is 0.0556. The molecule has 0 fully saturated rings. The van der Waals surface area contributed by atoms with Crippen LogP contribution in [0.15, 0.2) is 71.3 Å². The molecule has 0 spiro atoms. The highest BCUT2D eigenvalue weighted by atomic mass is 16.3. The van der Waals surface area contributed by atoms with Crippen LogP contribution in [-0.4, -0.2) is 5.78 Å². The van der Waals surface area contributed by atoms with Gasteiger partial charge in [0, 0.05) is 23.3 Å². The first kappa shape index (κ1) is 13.2. The van der Waals surface area contributed by atoms with Crippen molar-refractivity contribution in [1.29, 1.82) is 0 Å². The number of nitrogens with one attached hydrogen (secondary N) is 1. The molecule has 3 aromatic rings. The zero-order valence-electron chi connectivity index (χ0n) is 11.7. The molecule has 1 aromatic heterocycles. The lowest BCUT2D eigenvalue weighted by Gasteiger charge is -2.00. The summed E-state index contributed by atoms with van der Waals surface area (Å²) in [7, 11) is 0. The summed E-state index contributed by atoms with van der Waals surface area (Å²) in [5.41, 5.74) is 2.86. The molecular weight excluding hydrogens is 262 g/mol. The van der Waals surface area contributed by atoms with E-state index in [2.05, 4.69) is 5.32 Å². The summed E-state index contributed by atoms with van der Waals surface area (Å²) >= 11 is 0. The number of hydrogen-bond acceptors (Lipinski definition) is 3. The van der Waals surface area contributed by atoms with Crippen molar-refractivity contribution in [2.45, 2.75) is 6.92 Å². The molecule has 3 nitrogen and oxygen atoms in total. The topological polar surface area (TPSA) is 42.2 Å². The van der Waals surface area contributed by atoms with Crippen LogP contribution in [0.4, 0.5) is 5.69 Å². The molecule has 0 atom stereocenters. The van der Waals surface area contributed by atoms with Crippen molar-refractivity contribution in [3.63, 3.8) is 0 Å². The summed E-state index contributed by atoms with van der Waals surface area (Å²) in [6.07, 6.45) is 3.09. The highest BCUT2D eigenvalue weighted by molar-refractivity contribution is 6.04. The van der Waals surface area contributed by atoms with Crippen LogP contribution in [0.1, 0.15) is 16.1 Å². The largest absolute Gasteiger partial charge is 0.453 e. The van der Waals surface area contributed by atoms with Crippen molar-refractivity contribution in [1.82, 2.24) is 0 Å². The van der Waals surface area contributed by atoms with Gasteiger partial charge in [-0.15, -0.1) is 0 Å². The number of para-hydroxylation sites is 1. The molecule has 1 N–H and O–H groups in total. The second-order valence-electron chi connectivity index (χ2n) is 4.86. The Kier molecular flexibility index (Phi) is 3.56. The number of anilines is 1. The van der Waals surface area contributed by atoms with Gasteiger partial charge in [0.2, 0.25) is 5.78 Å². The molecule has 0 unspecified atom stereocenters. The summed E-state index contributed by atoms with van der Waals surface area (Å²) in [5.74, 6) is 0.184. The van der Waals surface area contributed by atoms with Gasteiger partial charge in [-0.2, -0.15) is 0 Å². The van der Waals surface area contributed by atoms with Gasteiger partial charge in [-0.05, 0) is 31.2 Å². The number of rotatable bonds is 4. The molecule has 0 aliphatic heterocycles. The minimum Gasteiger partial charge on any atom is -0.453 e. The van der Waals surface area contributed by atoms with Crippen LogP contribution in [0.25, 0.3) is 11.0 Å². The highest BCUT2D eigenvalue weighted by Crippen LogP contribution is 2.19. The van der Waals surface area contributed by atoms with Crippen molar-refractivity contribution < 1.29 is 9.21 Å². The molecule has 0 saturated heterocycles. The highest BCUT2D eigenvalue weighted by Gasteiger charge is 2.08. The van der Waals surface area contributed by atoms with Gasteiger partial charge in [-0.25, -0.2) is 0 Å². The maximum absolute atomic E-state index is 12.0. The Morgan fingerprint density at radius 1 is 1.10 bits per heavy atom. The summed E-state index contributed by atoms with van der Waals surface area (Å²) in [4.78, 5) is 12.0. The molecule has 0 radical (unpaired) electrons. The van der Waals surface area contributed by atoms with E-state index in [1.54, 1.807) is 12.3 Å². The van der Waals surface area contributed by atoms with Gasteiger partial charge in [0.05, 0.1) is 0 Å². The maximum Gasteiger partial charge on any atom is 0.222 e. The van der Waals surface area contributed by atoms with Gasteiger partial charge in [0.1, 0.15) is 5.58 Å². The first-order valence-electron chi connectivity index (χ1n) is 6.75. The van der Waals surface area contributed by atoms with Crippen molar-refractivity contribution >= 4 is 22.4 Å². The fourth-order valence-electron chi connectivity index (χ4n) is 2.05. The summed E-state index contributed by atoms with van der Waals surface area (Å²) in [5, 5.41) is 3.99. The van der Waals surface area contributed by atoms with Gasteiger partial charge in [0.15, 0.2) is 5.76 Å². The third-order valence-corrected chi connectivity index (χ3v) is 3.20. The van der Waals surface area contributed by atoms with Crippen LogP contribution in [0.2, 0.25) is 0 Å². The van der Waals surface area contributed by atoms with Crippen LogP contribution in [0, 0.1) is 6.92 Å². The molecule has 0 aliphatic carbocycles. The molecule has 104 valence electrons. The second kappa shape index (κ2) is 5.67. The van der Waals surface area contributed by atoms with Gasteiger partial charge < -0.3 is 9.73 Å². The summed E-state index contributed by atoms with van der Waals surface area (Å²) in [6.45, 7) is 2.03. The predicted molar refractivity (Wildman–Crippen MR) is 84.5 cm³/mol. The molecule has 21 heavy (non-hydrogen) atoms. The second-order valence-corrected chi connectivity index (χ2v) is 4.86. The Labute approximate surface area is 122 Å². The lowest BCUT2D eigenvalue weighted by molar-refractivity contribution is 0.102. The number of furan rings is 1. The van der Waals surface area contributed by atoms with Crippen molar-refractivity contribution in [3.05, 3.63) is 78.2 Å². The Balaban J connectivity index is 1.70. The molecule has 2 aromatic carbocycles. The average Bonchev–Trinajstić information content (AvgIpc) is 2.93. The van der Waals surface area contributed by atoms with E-state index in [-0.39, 0.29) is 5.78 Å². The first-order valence-corrected chi connectivity index (χ1v) is 6.75. The molecule has 1 heterocycles. The Bertz CT molecular complexity index is 764. The molecular formula is C18H15NO2. The molecule has 0 saturated carbocycles. The van der Waals surface area contributed by atoms with Gasteiger partial charge in [-0.1, -0.05) is 35.9 Å². The third-order valence-electron chi connectivity index (χ3n) is 3.20. The summed E-state index contributed by atoms with van der Waals surface area (Å²) < 4.78 is 5.52. The minimum atomic E-state index is -0.161. The van der Waals surface area contributed by atoms with E-state index in [1.807, 2.05) is 55.5 Å². The third kappa shape index (κ3) is 3.03. The Morgan fingerprint density at radius 3 is 2.62 bits per heavy atom. The fourth-order valence-corrected chi connectivity index (χ4v) is 2.05. The number of aryl methyl sites for hydroxylation is 1. The van der Waals surface area contributed by atoms with E-state index < -0.39 is 0 Å². The minimum absolute atomic E-state index is 0.161. The summed E-state index contributed by atoms with van der Waals surface area (Å²) in [6, 6.07) is 17.3. The predicted octanol–water partition coefficient (Wildman–Crippen LogP) is 4.55. The van der Waals surface area contributed by atoms with E-state index in [9.17, 15) is 4.79 Å². The van der Waals surface area contributed by atoms with Crippen LogP contribution < -0.4 is 5.32 Å². The number of fused-ring (bicyclic) bond motifs is 1. The maximum atomic E-state index is 12.0. The van der Waals surface area contributed by atoms with E-state index in [0.29, 0.717) is 5.76 Å². The van der Waals surface area contributed by atoms with Crippen molar-refractivity contribution in [2.75, 3.05) is 5.32 Å². The van der Waals surface area contributed by atoms with Gasteiger partial charge >= 0.3 is 0 Å². The van der Waals surface area contributed by atoms with Crippen LogP contribution in [0.5, 0.6) is 0 Å². The molecule has 0 bridgehead atoms. The Hall–Kier alpha value is -2.81. The SMILES string of the molecule is Cc1ccc(N/C=C/C(=O)c2cc3ccccc3o2)cc1. The number of hydrogen-bond donors (Lipinski definition) is 1. The monoisotopic (exact) mass is 277 g/mol. The van der Waals surface area contributed by atoms with Gasteiger partial charge in [0.25, 0.3) is 0 Å². The lowest BCUT2D eigenvalue weighted by Crippen LogP contribution is -1.94. The average molecular weight is 277 g/mol. The number of benzene rings is 2. The quantitative estimate of drug-likeness (QED) is 0.562. The normalized spacial score (nSPS) is 11.1. The van der Waals surface area contributed by atoms with Crippen LogP contribution in [0.3, 0.4) is 0 Å². The molecule has 0 aliphatic rings. The standard InChI is InChI=1S/C18H15NO2/c1-13-6-8-15(9-7-13)19-11-10-16(20)18-12-14-4-2-3-5-17(14)21-18/h2-12,19H,1H3/b11-10+. The molecule has 3 heteroatoms. The van der Waals surface area contributed by atoms with E-state index in [0.717, 1.165) is 16.7 Å². The Morgan fingerprint density at radius 2 is 1.86 bits per heavy atom. The lowest BCUT2D eigenvalue weighted by atomic mass is 10.2. The zero-order chi connectivity index (χ0) is 14.7. The molecule has 3 rings (SSSR count).